The number of aryl methyl sites for hydroxylation is 1. The number of alkyl halides is 3. The lowest BCUT2D eigenvalue weighted by molar-refractivity contribution is -0.165. The van der Waals surface area contributed by atoms with Gasteiger partial charge in [0.1, 0.15) is 0 Å². The molecule has 1 aromatic carbocycles. The van der Waals surface area contributed by atoms with Crippen LogP contribution in [0.3, 0.4) is 0 Å². The van der Waals surface area contributed by atoms with E-state index in [-0.39, 0.29) is 5.56 Å². The quantitative estimate of drug-likeness (QED) is 0.683. The number of carbonyl (C=O) groups excluding carboxylic acids is 2. The number of rotatable bonds is 4. The first-order chi connectivity index (χ1) is 9.25. The number of benzene rings is 1. The summed E-state index contributed by atoms with van der Waals surface area (Å²) in [5, 5.41) is 2.53. The smallest absolute Gasteiger partial charge is 0.454 e. The summed E-state index contributed by atoms with van der Waals surface area (Å²) in [7, 11) is 1.22. The second kappa shape index (κ2) is 6.23. The first-order valence-corrected chi connectivity index (χ1v) is 5.49. The lowest BCUT2D eigenvalue weighted by Crippen LogP contribution is -2.20. The fourth-order valence-electron chi connectivity index (χ4n) is 1.32. The van der Waals surface area contributed by atoms with E-state index in [2.05, 4.69) is 10.1 Å². The Labute approximate surface area is 113 Å². The van der Waals surface area contributed by atoms with Gasteiger partial charge in [0.25, 0.3) is 5.78 Å². The Bertz CT molecular complexity index is 550. The van der Waals surface area contributed by atoms with E-state index in [4.69, 9.17) is 0 Å². The van der Waals surface area contributed by atoms with Gasteiger partial charge in [0.05, 0.1) is 12.7 Å². The number of ether oxygens (including phenoxy) is 1. The molecular weight excluding hydrogens is 275 g/mol. The average Bonchev–Trinajstić information content (AvgIpc) is 2.38. The predicted molar refractivity (Wildman–Crippen MR) is 66.3 cm³/mol. The van der Waals surface area contributed by atoms with Crippen LogP contribution in [-0.2, 0) is 9.53 Å². The third-order valence-electron chi connectivity index (χ3n) is 2.41. The normalized spacial score (nSPS) is 11.4. The highest BCUT2D eigenvalue weighted by Crippen LogP contribution is 2.19. The van der Waals surface area contributed by atoms with Crippen molar-refractivity contribution in [1.82, 2.24) is 0 Å². The molecule has 1 rings (SSSR count). The molecule has 4 nitrogen and oxygen atoms in total. The molecule has 0 atom stereocenters. The molecule has 0 saturated carbocycles. The predicted octanol–water partition coefficient (Wildman–Crippen LogP) is 2.84. The van der Waals surface area contributed by atoms with Crippen molar-refractivity contribution in [3.63, 3.8) is 0 Å². The summed E-state index contributed by atoms with van der Waals surface area (Å²) in [5.41, 5.74) is 1.34. The molecule has 0 saturated heterocycles. The monoisotopic (exact) mass is 287 g/mol. The lowest BCUT2D eigenvalue weighted by Gasteiger charge is -2.07. The number of anilines is 1. The van der Waals surface area contributed by atoms with Gasteiger partial charge in [-0.25, -0.2) is 4.79 Å². The molecule has 0 heterocycles. The number of halogens is 3. The second-order valence-corrected chi connectivity index (χ2v) is 3.86. The van der Waals surface area contributed by atoms with Crippen molar-refractivity contribution >= 4 is 17.4 Å². The van der Waals surface area contributed by atoms with E-state index in [1.165, 1.54) is 19.2 Å². The zero-order valence-corrected chi connectivity index (χ0v) is 10.7. The van der Waals surface area contributed by atoms with E-state index >= 15 is 0 Å². The van der Waals surface area contributed by atoms with E-state index in [0.29, 0.717) is 17.3 Å². The third kappa shape index (κ3) is 4.11. The Kier molecular flexibility index (Phi) is 4.90. The van der Waals surface area contributed by atoms with Gasteiger partial charge in [-0.1, -0.05) is 6.07 Å². The van der Waals surface area contributed by atoms with Crippen LogP contribution in [0, 0.1) is 6.92 Å². The number of nitrogens with one attached hydrogen (secondary N) is 1. The second-order valence-electron chi connectivity index (χ2n) is 3.86. The summed E-state index contributed by atoms with van der Waals surface area (Å²) in [5.74, 6) is -2.53. The minimum Gasteiger partial charge on any atom is -0.465 e. The van der Waals surface area contributed by atoms with Gasteiger partial charge in [-0.3, -0.25) is 4.79 Å². The molecule has 0 unspecified atom stereocenters. The minimum absolute atomic E-state index is 0.246. The van der Waals surface area contributed by atoms with E-state index in [1.807, 2.05) is 0 Å². The van der Waals surface area contributed by atoms with Gasteiger partial charge in [0.2, 0.25) is 0 Å². The van der Waals surface area contributed by atoms with Gasteiger partial charge < -0.3 is 10.1 Å². The van der Waals surface area contributed by atoms with Crippen LogP contribution in [0.4, 0.5) is 18.9 Å². The summed E-state index contributed by atoms with van der Waals surface area (Å²) in [6.07, 6.45) is -3.65. The maximum absolute atomic E-state index is 12.0. The van der Waals surface area contributed by atoms with Crippen LogP contribution in [-0.4, -0.2) is 25.0 Å². The van der Waals surface area contributed by atoms with Crippen molar-refractivity contribution in [2.45, 2.75) is 13.1 Å². The molecule has 0 spiro atoms. The fraction of sp³-hybridized carbons (Fsp3) is 0.231. The first-order valence-electron chi connectivity index (χ1n) is 5.49. The number of carbonyl (C=O) groups is 2. The van der Waals surface area contributed by atoms with E-state index < -0.39 is 17.9 Å². The summed E-state index contributed by atoms with van der Waals surface area (Å²) >= 11 is 0. The van der Waals surface area contributed by atoms with Crippen molar-refractivity contribution < 1.29 is 27.5 Å². The standard InChI is InChI=1S/C13H12F3NO3/c1-8-3-4-9(12(19)20-2)7-10(8)17-6-5-11(18)13(14,15)16/h3-7,17H,1-2H3/b6-5-. The molecule has 0 aliphatic heterocycles. The van der Waals surface area contributed by atoms with Crippen molar-refractivity contribution in [2.24, 2.45) is 0 Å². The van der Waals surface area contributed by atoms with Crippen LogP contribution in [0.15, 0.2) is 30.5 Å². The van der Waals surface area contributed by atoms with Crippen molar-refractivity contribution in [3.8, 4) is 0 Å². The number of methoxy groups -OCH3 is 1. The molecular formula is C13H12F3NO3. The molecule has 7 heteroatoms. The molecule has 0 bridgehead atoms. The minimum atomic E-state index is -4.90. The van der Waals surface area contributed by atoms with Crippen LogP contribution in [0.2, 0.25) is 0 Å². The molecule has 0 amide bonds. The van der Waals surface area contributed by atoms with Crippen molar-refractivity contribution in [1.29, 1.82) is 0 Å². The van der Waals surface area contributed by atoms with Gasteiger partial charge in [-0.2, -0.15) is 13.2 Å². The summed E-state index contributed by atoms with van der Waals surface area (Å²) in [6.45, 7) is 1.70. The highest BCUT2D eigenvalue weighted by Gasteiger charge is 2.35. The highest BCUT2D eigenvalue weighted by molar-refractivity contribution is 5.94. The largest absolute Gasteiger partial charge is 0.465 e. The number of hydrogen-bond acceptors (Lipinski definition) is 4. The maximum atomic E-state index is 12.0. The molecule has 0 radical (unpaired) electrons. The lowest BCUT2D eigenvalue weighted by atomic mass is 10.1. The molecule has 20 heavy (non-hydrogen) atoms. The summed E-state index contributed by atoms with van der Waals surface area (Å²) < 4.78 is 40.5. The molecule has 0 aromatic heterocycles. The Morgan fingerprint density at radius 2 is 1.95 bits per heavy atom. The third-order valence-corrected chi connectivity index (χ3v) is 2.41. The highest BCUT2D eigenvalue weighted by atomic mass is 19.4. The molecule has 0 aliphatic carbocycles. The van der Waals surface area contributed by atoms with Crippen LogP contribution in [0.1, 0.15) is 15.9 Å². The molecule has 108 valence electrons. The number of ketones is 1. The molecule has 0 fully saturated rings. The zero-order valence-electron chi connectivity index (χ0n) is 10.7. The van der Waals surface area contributed by atoms with E-state index in [9.17, 15) is 22.8 Å². The van der Waals surface area contributed by atoms with E-state index in [0.717, 1.165) is 6.20 Å². The van der Waals surface area contributed by atoms with Gasteiger partial charge >= 0.3 is 12.1 Å². The van der Waals surface area contributed by atoms with Gasteiger partial charge in [-0.15, -0.1) is 0 Å². The SMILES string of the molecule is COC(=O)c1ccc(C)c(N/C=C\C(=O)C(F)(F)F)c1. The fourth-order valence-corrected chi connectivity index (χ4v) is 1.32. The summed E-state index contributed by atoms with van der Waals surface area (Å²) in [6, 6.07) is 4.55. The molecule has 0 aliphatic rings. The Hall–Kier alpha value is -2.31. The number of allylic oxidation sites excluding steroid dienone is 1. The maximum Gasteiger partial charge on any atom is 0.454 e. The van der Waals surface area contributed by atoms with Gasteiger partial charge in [0.15, 0.2) is 0 Å². The van der Waals surface area contributed by atoms with Crippen molar-refractivity contribution in [3.05, 3.63) is 41.6 Å². The molecule has 1 N–H and O–H groups in total. The Morgan fingerprint density at radius 1 is 1.30 bits per heavy atom. The van der Waals surface area contributed by atoms with Crippen LogP contribution >= 0.6 is 0 Å². The van der Waals surface area contributed by atoms with Gasteiger partial charge in [0, 0.05) is 18.0 Å². The number of hydrogen-bond donors (Lipinski definition) is 1. The number of esters is 1. The average molecular weight is 287 g/mol. The zero-order chi connectivity index (χ0) is 15.3. The topological polar surface area (TPSA) is 55.4 Å². The van der Waals surface area contributed by atoms with E-state index in [1.54, 1.807) is 13.0 Å². The summed E-state index contributed by atoms with van der Waals surface area (Å²) in [4.78, 5) is 22.0. The Morgan fingerprint density at radius 3 is 2.50 bits per heavy atom. The van der Waals surface area contributed by atoms with Crippen LogP contribution < -0.4 is 5.32 Å². The van der Waals surface area contributed by atoms with Crippen LogP contribution in [0.25, 0.3) is 0 Å². The Balaban J connectivity index is 2.85. The van der Waals surface area contributed by atoms with Crippen molar-refractivity contribution in [2.75, 3.05) is 12.4 Å². The van der Waals surface area contributed by atoms with Crippen LogP contribution in [0.5, 0.6) is 0 Å². The first kappa shape index (κ1) is 15.7. The molecule has 1 aromatic rings. The van der Waals surface area contributed by atoms with Gasteiger partial charge in [-0.05, 0) is 24.6 Å².